The van der Waals surface area contributed by atoms with Crippen molar-refractivity contribution in [3.63, 3.8) is 0 Å². The molecule has 21 heavy (non-hydrogen) atoms. The molecule has 4 rings (SSSR count). The second-order valence-corrected chi connectivity index (χ2v) is 6.00. The van der Waals surface area contributed by atoms with E-state index in [1.165, 1.54) is 0 Å². The van der Waals surface area contributed by atoms with Crippen molar-refractivity contribution in [3.8, 4) is 0 Å². The second-order valence-electron chi connectivity index (χ2n) is 6.00. The lowest BCUT2D eigenvalue weighted by Crippen LogP contribution is -2.44. The first-order valence-corrected chi connectivity index (χ1v) is 7.66. The molecular weight excluding hydrogens is 266 g/mol. The fourth-order valence-corrected chi connectivity index (χ4v) is 2.96. The van der Waals surface area contributed by atoms with Crippen molar-refractivity contribution in [3.05, 3.63) is 24.4 Å². The van der Waals surface area contributed by atoms with Crippen molar-refractivity contribution in [1.29, 1.82) is 0 Å². The van der Waals surface area contributed by atoms with Crippen molar-refractivity contribution in [1.82, 2.24) is 19.9 Å². The Labute approximate surface area is 123 Å². The van der Waals surface area contributed by atoms with Crippen LogP contribution in [0.2, 0.25) is 0 Å². The van der Waals surface area contributed by atoms with E-state index in [-0.39, 0.29) is 11.8 Å². The highest BCUT2D eigenvalue weighted by molar-refractivity contribution is 5.80. The van der Waals surface area contributed by atoms with Gasteiger partial charge in [0, 0.05) is 25.3 Å². The summed E-state index contributed by atoms with van der Waals surface area (Å²) in [7, 11) is 0. The molecule has 0 bridgehead atoms. The van der Waals surface area contributed by atoms with E-state index in [9.17, 15) is 4.79 Å². The molecule has 6 nitrogen and oxygen atoms in total. The molecule has 1 N–H and O–H groups in total. The number of nitrogens with zero attached hydrogens (tertiary/aromatic N) is 4. The zero-order chi connectivity index (χ0) is 14.2. The average Bonchev–Trinajstić information content (AvgIpc) is 3.23. The number of pyridine rings is 1. The number of piperidine rings is 1. The Morgan fingerprint density at radius 2 is 2.14 bits per heavy atom. The number of anilines is 1. The molecular formula is C15H19N5O. The Hall–Kier alpha value is -2.11. The maximum absolute atomic E-state index is 12.2. The monoisotopic (exact) mass is 285 g/mol. The predicted molar refractivity (Wildman–Crippen MR) is 79.1 cm³/mol. The molecule has 2 aromatic heterocycles. The molecule has 0 aromatic carbocycles. The van der Waals surface area contributed by atoms with Crippen LogP contribution < -0.4 is 10.2 Å². The Bertz CT molecular complexity index is 663. The van der Waals surface area contributed by atoms with Crippen LogP contribution in [0.25, 0.3) is 5.65 Å². The molecule has 1 saturated heterocycles. The molecule has 110 valence electrons. The van der Waals surface area contributed by atoms with Gasteiger partial charge in [-0.15, -0.1) is 10.2 Å². The SMILES string of the molecule is O=C(NC1CC1)[C@H]1CCCN(c2nnc3ccccn23)C1. The maximum Gasteiger partial charge on any atom is 0.231 e. The second kappa shape index (κ2) is 5.02. The van der Waals surface area contributed by atoms with Crippen LogP contribution in [0.1, 0.15) is 25.7 Å². The number of fused-ring (bicyclic) bond motifs is 1. The number of amides is 1. The van der Waals surface area contributed by atoms with Crippen LogP contribution in [0.5, 0.6) is 0 Å². The number of hydrogen-bond acceptors (Lipinski definition) is 4. The van der Waals surface area contributed by atoms with Gasteiger partial charge in [-0.1, -0.05) is 6.07 Å². The van der Waals surface area contributed by atoms with Crippen molar-refractivity contribution < 1.29 is 4.79 Å². The zero-order valence-corrected chi connectivity index (χ0v) is 11.9. The van der Waals surface area contributed by atoms with Gasteiger partial charge in [0.2, 0.25) is 11.9 Å². The lowest BCUT2D eigenvalue weighted by Gasteiger charge is -2.32. The van der Waals surface area contributed by atoms with E-state index in [1.54, 1.807) is 0 Å². The van der Waals surface area contributed by atoms with Crippen molar-refractivity contribution in [2.75, 3.05) is 18.0 Å². The van der Waals surface area contributed by atoms with Crippen molar-refractivity contribution in [2.24, 2.45) is 5.92 Å². The molecule has 3 heterocycles. The summed E-state index contributed by atoms with van der Waals surface area (Å²) in [6.45, 7) is 1.66. The van der Waals surface area contributed by atoms with Gasteiger partial charge in [0.25, 0.3) is 0 Å². The first kappa shape index (κ1) is 12.6. The van der Waals surface area contributed by atoms with Gasteiger partial charge in [-0.2, -0.15) is 0 Å². The number of carbonyl (C=O) groups excluding carboxylic acids is 1. The maximum atomic E-state index is 12.2. The van der Waals surface area contributed by atoms with E-state index >= 15 is 0 Å². The first-order chi connectivity index (χ1) is 10.3. The molecule has 1 atom stereocenters. The minimum Gasteiger partial charge on any atom is -0.353 e. The summed E-state index contributed by atoms with van der Waals surface area (Å²) in [6.07, 6.45) is 6.23. The Morgan fingerprint density at radius 1 is 1.24 bits per heavy atom. The van der Waals surface area contributed by atoms with E-state index in [2.05, 4.69) is 20.4 Å². The standard InChI is InChI=1S/C15H19N5O/c21-14(16-12-6-7-12)11-4-3-8-19(10-11)15-18-17-13-5-1-2-9-20(13)15/h1-2,5,9,11-12H,3-4,6-8,10H2,(H,16,21)/t11-/m0/s1. The summed E-state index contributed by atoms with van der Waals surface area (Å²) in [4.78, 5) is 14.4. The summed E-state index contributed by atoms with van der Waals surface area (Å²) < 4.78 is 1.99. The number of hydrogen-bond donors (Lipinski definition) is 1. The van der Waals surface area contributed by atoms with E-state index < -0.39 is 0 Å². The van der Waals surface area contributed by atoms with Crippen LogP contribution in [0.4, 0.5) is 5.95 Å². The molecule has 0 radical (unpaired) electrons. The van der Waals surface area contributed by atoms with Crippen molar-refractivity contribution >= 4 is 17.5 Å². The minimum atomic E-state index is 0.0652. The quantitative estimate of drug-likeness (QED) is 0.921. The van der Waals surface area contributed by atoms with E-state index in [4.69, 9.17) is 0 Å². The van der Waals surface area contributed by atoms with Crippen LogP contribution in [-0.4, -0.2) is 39.6 Å². The van der Waals surface area contributed by atoms with E-state index in [1.807, 2.05) is 28.8 Å². The van der Waals surface area contributed by atoms with Gasteiger partial charge in [-0.25, -0.2) is 0 Å². The third-order valence-corrected chi connectivity index (χ3v) is 4.29. The summed E-state index contributed by atoms with van der Waals surface area (Å²) in [5.74, 6) is 1.11. The number of nitrogens with one attached hydrogen (secondary N) is 1. The molecule has 1 aliphatic heterocycles. The molecule has 0 unspecified atom stereocenters. The molecule has 1 saturated carbocycles. The smallest absolute Gasteiger partial charge is 0.231 e. The van der Waals surface area contributed by atoms with E-state index in [0.29, 0.717) is 6.04 Å². The van der Waals surface area contributed by atoms with Gasteiger partial charge in [0.15, 0.2) is 5.65 Å². The molecule has 2 aromatic rings. The number of carbonyl (C=O) groups is 1. The molecule has 0 spiro atoms. The van der Waals surface area contributed by atoms with Gasteiger partial charge in [0.05, 0.1) is 5.92 Å². The highest BCUT2D eigenvalue weighted by atomic mass is 16.2. The molecule has 1 amide bonds. The van der Waals surface area contributed by atoms with Crippen LogP contribution >= 0.6 is 0 Å². The molecule has 1 aliphatic carbocycles. The van der Waals surface area contributed by atoms with E-state index in [0.717, 1.165) is 50.4 Å². The third kappa shape index (κ3) is 2.46. The van der Waals surface area contributed by atoms with Crippen LogP contribution in [0, 0.1) is 5.92 Å². The number of rotatable bonds is 3. The summed E-state index contributed by atoms with van der Waals surface area (Å²) >= 11 is 0. The third-order valence-electron chi connectivity index (χ3n) is 4.29. The Kier molecular flexibility index (Phi) is 3.02. The summed E-state index contributed by atoms with van der Waals surface area (Å²) in [5.41, 5.74) is 0.844. The average molecular weight is 285 g/mol. The summed E-state index contributed by atoms with van der Waals surface area (Å²) in [6, 6.07) is 6.30. The van der Waals surface area contributed by atoms with Crippen LogP contribution in [0.3, 0.4) is 0 Å². The van der Waals surface area contributed by atoms with Gasteiger partial charge >= 0.3 is 0 Å². The first-order valence-electron chi connectivity index (χ1n) is 7.66. The minimum absolute atomic E-state index is 0.0652. The van der Waals surface area contributed by atoms with Gasteiger partial charge in [-0.05, 0) is 37.8 Å². The summed E-state index contributed by atoms with van der Waals surface area (Å²) in [5, 5.41) is 11.6. The highest BCUT2D eigenvalue weighted by Gasteiger charge is 2.31. The fraction of sp³-hybridized carbons (Fsp3) is 0.533. The zero-order valence-electron chi connectivity index (χ0n) is 11.9. The number of aromatic nitrogens is 3. The topological polar surface area (TPSA) is 62.5 Å². The van der Waals surface area contributed by atoms with Crippen molar-refractivity contribution in [2.45, 2.75) is 31.7 Å². The fourth-order valence-electron chi connectivity index (χ4n) is 2.96. The molecule has 2 fully saturated rings. The van der Waals surface area contributed by atoms with Gasteiger partial charge < -0.3 is 10.2 Å². The Balaban J connectivity index is 1.53. The highest BCUT2D eigenvalue weighted by Crippen LogP contribution is 2.24. The van der Waals surface area contributed by atoms with Crippen LogP contribution in [0.15, 0.2) is 24.4 Å². The Morgan fingerprint density at radius 3 is 3.00 bits per heavy atom. The predicted octanol–water partition coefficient (Wildman–Crippen LogP) is 1.22. The van der Waals surface area contributed by atoms with Gasteiger partial charge in [-0.3, -0.25) is 9.20 Å². The normalized spacial score (nSPS) is 22.5. The van der Waals surface area contributed by atoms with Gasteiger partial charge in [0.1, 0.15) is 0 Å². The largest absolute Gasteiger partial charge is 0.353 e. The molecule has 6 heteroatoms. The lowest BCUT2D eigenvalue weighted by molar-refractivity contribution is -0.125. The molecule has 2 aliphatic rings. The lowest BCUT2D eigenvalue weighted by atomic mass is 9.97. The van der Waals surface area contributed by atoms with Crippen LogP contribution in [-0.2, 0) is 4.79 Å².